The van der Waals surface area contributed by atoms with Gasteiger partial charge in [0.05, 0.1) is 0 Å². The summed E-state index contributed by atoms with van der Waals surface area (Å²) >= 11 is 0. The van der Waals surface area contributed by atoms with E-state index in [9.17, 15) is 9.59 Å². The average molecular weight is 296 g/mol. The molecule has 0 aromatic rings. The van der Waals surface area contributed by atoms with E-state index in [4.69, 9.17) is 0 Å². The molecule has 0 saturated heterocycles. The van der Waals surface area contributed by atoms with Crippen LogP contribution in [0.2, 0.25) is 0 Å². The van der Waals surface area contributed by atoms with Crippen molar-refractivity contribution in [2.45, 2.75) is 52.4 Å². The number of Topliss-reactive ketones (excluding diaryl/α,β-unsaturated/α-hetero) is 1. The van der Waals surface area contributed by atoms with Crippen molar-refractivity contribution < 1.29 is 9.59 Å². The van der Waals surface area contributed by atoms with Gasteiger partial charge in [0.25, 0.3) is 0 Å². The highest BCUT2D eigenvalue weighted by molar-refractivity contribution is 5.93. The summed E-state index contributed by atoms with van der Waals surface area (Å²) in [4.78, 5) is 23.7. The second-order valence-corrected chi connectivity index (χ2v) is 7.76. The van der Waals surface area contributed by atoms with Crippen molar-refractivity contribution in [1.29, 1.82) is 0 Å². The Labute approximate surface area is 132 Å². The van der Waals surface area contributed by atoms with E-state index >= 15 is 0 Å². The van der Waals surface area contributed by atoms with Crippen LogP contribution in [0.3, 0.4) is 0 Å². The van der Waals surface area contributed by atoms with Crippen LogP contribution in [0.5, 0.6) is 0 Å². The maximum absolute atomic E-state index is 12.0. The quantitative estimate of drug-likeness (QED) is 0.727. The van der Waals surface area contributed by atoms with Crippen LogP contribution in [0.1, 0.15) is 52.4 Å². The zero-order valence-corrected chi connectivity index (χ0v) is 13.5. The summed E-state index contributed by atoms with van der Waals surface area (Å²) in [5, 5.41) is 0. The van der Waals surface area contributed by atoms with Gasteiger partial charge < -0.3 is 0 Å². The summed E-state index contributed by atoms with van der Waals surface area (Å²) in [6.45, 7) is 4.05. The van der Waals surface area contributed by atoms with E-state index in [1.165, 1.54) is 23.1 Å². The normalized spacial score (nSPS) is 40.0. The van der Waals surface area contributed by atoms with Gasteiger partial charge in [-0.15, -0.1) is 0 Å². The van der Waals surface area contributed by atoms with Gasteiger partial charge in [-0.25, -0.2) is 0 Å². The van der Waals surface area contributed by atoms with Crippen LogP contribution in [0.4, 0.5) is 0 Å². The largest absolute Gasteiger partial charge is 0.300 e. The Morgan fingerprint density at radius 3 is 2.77 bits per heavy atom. The van der Waals surface area contributed by atoms with Gasteiger partial charge in [0.2, 0.25) is 0 Å². The highest BCUT2D eigenvalue weighted by atomic mass is 16.1. The van der Waals surface area contributed by atoms with Gasteiger partial charge in [-0.05, 0) is 79.1 Å². The molecule has 116 valence electrons. The molecule has 0 aliphatic heterocycles. The molecule has 0 amide bonds. The van der Waals surface area contributed by atoms with E-state index in [1.807, 2.05) is 6.08 Å². The molecule has 1 saturated carbocycles. The van der Waals surface area contributed by atoms with E-state index in [1.54, 1.807) is 6.92 Å². The minimum absolute atomic E-state index is 0.0479. The summed E-state index contributed by atoms with van der Waals surface area (Å²) in [5.41, 5.74) is 4.26. The zero-order valence-electron chi connectivity index (χ0n) is 13.5. The number of carbonyl (C=O) groups is 2. The zero-order chi connectivity index (χ0) is 15.5. The predicted molar refractivity (Wildman–Crippen MR) is 86.2 cm³/mol. The van der Waals surface area contributed by atoms with Gasteiger partial charge >= 0.3 is 0 Å². The van der Waals surface area contributed by atoms with Crippen molar-refractivity contribution in [3.63, 3.8) is 0 Å². The van der Waals surface area contributed by atoms with Crippen molar-refractivity contribution in [1.82, 2.24) is 0 Å². The third kappa shape index (κ3) is 1.85. The van der Waals surface area contributed by atoms with E-state index < -0.39 is 0 Å². The summed E-state index contributed by atoms with van der Waals surface area (Å²) in [7, 11) is 0. The van der Waals surface area contributed by atoms with E-state index in [-0.39, 0.29) is 11.3 Å². The van der Waals surface area contributed by atoms with Gasteiger partial charge in [-0.1, -0.05) is 19.1 Å². The van der Waals surface area contributed by atoms with Crippen molar-refractivity contribution in [3.8, 4) is 0 Å². The molecule has 22 heavy (non-hydrogen) atoms. The Kier molecular flexibility index (Phi) is 3.08. The number of allylic oxidation sites excluding steroid dienone is 6. The molecule has 0 N–H and O–H groups in total. The number of rotatable bonds is 1. The SMILES string of the molecule is CC(=O)C1CC[C@H]2[C@@H]3CCC4=CC(=O)CCC4=C3C=C[C@]12C. The van der Waals surface area contributed by atoms with Crippen molar-refractivity contribution >= 4 is 11.6 Å². The Morgan fingerprint density at radius 1 is 1.18 bits per heavy atom. The second-order valence-electron chi connectivity index (χ2n) is 7.76. The van der Waals surface area contributed by atoms with Crippen LogP contribution in [0.15, 0.2) is 34.9 Å². The minimum Gasteiger partial charge on any atom is -0.300 e. The molecule has 1 unspecified atom stereocenters. The molecule has 0 bridgehead atoms. The fourth-order valence-corrected chi connectivity index (χ4v) is 5.66. The third-order valence-electron chi connectivity index (χ3n) is 6.73. The van der Waals surface area contributed by atoms with Crippen molar-refractivity contribution in [2.24, 2.45) is 23.2 Å². The van der Waals surface area contributed by atoms with Gasteiger partial charge in [-0.3, -0.25) is 9.59 Å². The summed E-state index contributed by atoms with van der Waals surface area (Å²) < 4.78 is 0. The molecule has 0 heterocycles. The number of hydrogen-bond donors (Lipinski definition) is 0. The summed E-state index contributed by atoms with van der Waals surface area (Å²) in [5.74, 6) is 2.04. The fraction of sp³-hybridized carbons (Fsp3) is 0.600. The lowest BCUT2D eigenvalue weighted by atomic mass is 9.59. The topological polar surface area (TPSA) is 34.1 Å². The van der Waals surface area contributed by atoms with Crippen molar-refractivity contribution in [2.75, 3.05) is 0 Å². The minimum atomic E-state index is 0.0479. The smallest absolute Gasteiger partial charge is 0.156 e. The first kappa shape index (κ1) is 14.2. The van der Waals surface area contributed by atoms with E-state index in [2.05, 4.69) is 19.1 Å². The Balaban J connectivity index is 1.79. The second kappa shape index (κ2) is 4.78. The van der Waals surface area contributed by atoms with Gasteiger partial charge in [-0.2, -0.15) is 0 Å². The molecular weight excluding hydrogens is 272 g/mol. The first-order valence-corrected chi connectivity index (χ1v) is 8.67. The molecular formula is C20H24O2. The molecule has 1 fully saturated rings. The van der Waals surface area contributed by atoms with Crippen LogP contribution >= 0.6 is 0 Å². The monoisotopic (exact) mass is 296 g/mol. The standard InChI is InChI=1S/C20H24O2/c1-12(21)18-7-8-19-17-5-3-13-11-14(22)4-6-15(13)16(17)9-10-20(18,19)2/h9-11,17-19H,3-8H2,1-2H3/t17-,18?,19+,20-/m1/s1. The molecule has 4 aliphatic rings. The average Bonchev–Trinajstić information content (AvgIpc) is 2.84. The third-order valence-corrected chi connectivity index (χ3v) is 6.73. The predicted octanol–water partition coefficient (Wildman–Crippen LogP) is 4.17. The Hall–Kier alpha value is -1.44. The van der Waals surface area contributed by atoms with E-state index in [0.29, 0.717) is 29.8 Å². The lowest BCUT2D eigenvalue weighted by Gasteiger charge is -2.45. The van der Waals surface area contributed by atoms with Crippen LogP contribution in [-0.2, 0) is 9.59 Å². The number of ketones is 2. The summed E-state index contributed by atoms with van der Waals surface area (Å²) in [6, 6.07) is 0. The first-order valence-electron chi connectivity index (χ1n) is 8.67. The van der Waals surface area contributed by atoms with Crippen molar-refractivity contribution in [3.05, 3.63) is 34.9 Å². The molecule has 4 atom stereocenters. The Morgan fingerprint density at radius 2 is 2.00 bits per heavy atom. The lowest BCUT2D eigenvalue weighted by molar-refractivity contribution is -0.123. The molecule has 2 nitrogen and oxygen atoms in total. The maximum atomic E-state index is 12.0. The maximum Gasteiger partial charge on any atom is 0.156 e. The van der Waals surface area contributed by atoms with Crippen LogP contribution in [-0.4, -0.2) is 11.6 Å². The lowest BCUT2D eigenvalue weighted by Crippen LogP contribution is -2.38. The van der Waals surface area contributed by atoms with E-state index in [0.717, 1.165) is 25.7 Å². The molecule has 4 rings (SSSR count). The fourth-order valence-electron chi connectivity index (χ4n) is 5.66. The van der Waals surface area contributed by atoms with Crippen LogP contribution in [0.25, 0.3) is 0 Å². The number of fused-ring (bicyclic) bond motifs is 4. The first-order chi connectivity index (χ1) is 10.5. The molecule has 0 aromatic carbocycles. The molecule has 0 aromatic heterocycles. The molecule has 4 aliphatic carbocycles. The highest BCUT2D eigenvalue weighted by Gasteiger charge is 2.52. The van der Waals surface area contributed by atoms with Gasteiger partial charge in [0.15, 0.2) is 5.78 Å². The number of hydrogen-bond acceptors (Lipinski definition) is 2. The molecule has 0 spiro atoms. The number of carbonyl (C=O) groups excluding carboxylic acids is 2. The highest BCUT2D eigenvalue weighted by Crippen LogP contribution is 2.59. The Bertz CT molecular complexity index is 649. The molecule has 2 heteroatoms. The molecule has 0 radical (unpaired) electrons. The summed E-state index contributed by atoms with van der Waals surface area (Å²) in [6.07, 6.45) is 12.5. The van der Waals surface area contributed by atoms with Gasteiger partial charge in [0.1, 0.15) is 5.78 Å². The van der Waals surface area contributed by atoms with Crippen LogP contribution < -0.4 is 0 Å². The van der Waals surface area contributed by atoms with Crippen LogP contribution in [0, 0.1) is 23.2 Å². The van der Waals surface area contributed by atoms with Gasteiger partial charge in [0, 0.05) is 12.3 Å².